The number of ether oxygens (including phenoxy) is 2. The van der Waals surface area contributed by atoms with Crippen molar-refractivity contribution in [1.82, 2.24) is 19.5 Å². The Balaban J connectivity index is 1.30. The first-order chi connectivity index (χ1) is 14.6. The number of rotatable bonds is 5. The molecule has 0 saturated carbocycles. The Bertz CT molecular complexity index is 1040. The van der Waals surface area contributed by atoms with E-state index >= 15 is 0 Å². The minimum atomic E-state index is -1.15. The van der Waals surface area contributed by atoms with Gasteiger partial charge in [-0.15, -0.1) is 0 Å². The Morgan fingerprint density at radius 3 is 2.90 bits per heavy atom. The van der Waals surface area contributed by atoms with Crippen molar-refractivity contribution in [3.05, 3.63) is 47.2 Å². The summed E-state index contributed by atoms with van der Waals surface area (Å²) in [5.41, 5.74) is 7.97. The molecule has 10 heteroatoms. The third-order valence-electron chi connectivity index (χ3n) is 5.82. The fraction of sp³-hybridized carbons (Fsp3) is 0.450. The van der Waals surface area contributed by atoms with Crippen molar-refractivity contribution in [1.29, 1.82) is 0 Å². The van der Waals surface area contributed by atoms with E-state index in [1.807, 2.05) is 0 Å². The molecular weight excluding hydrogens is 406 g/mol. The van der Waals surface area contributed by atoms with Gasteiger partial charge in [0.2, 0.25) is 0 Å². The van der Waals surface area contributed by atoms with Crippen molar-refractivity contribution in [2.24, 2.45) is 0 Å². The van der Waals surface area contributed by atoms with Gasteiger partial charge in [0.25, 0.3) is 0 Å². The zero-order valence-corrected chi connectivity index (χ0v) is 16.9. The lowest BCUT2D eigenvalue weighted by atomic mass is 9.86. The summed E-state index contributed by atoms with van der Waals surface area (Å²) in [6.45, 7) is 0.178. The van der Waals surface area contributed by atoms with Crippen molar-refractivity contribution in [3.8, 4) is 0 Å². The van der Waals surface area contributed by atoms with E-state index in [4.69, 9.17) is 15.2 Å². The van der Waals surface area contributed by atoms with Crippen molar-refractivity contribution in [3.63, 3.8) is 0 Å². The SMILES string of the molecule is Nc1ncnc2c1ncn2[C@@H]1O[C@H](CO[C@@H]2CC=CC[C@H]2c2ccsc2)[C@@H](O)[C@H]1O. The Morgan fingerprint density at radius 2 is 2.07 bits per heavy atom. The second-order valence-corrected chi connectivity index (χ2v) is 8.39. The Labute approximate surface area is 176 Å². The predicted molar refractivity (Wildman–Crippen MR) is 111 cm³/mol. The van der Waals surface area contributed by atoms with Crippen molar-refractivity contribution in [2.75, 3.05) is 12.3 Å². The molecule has 6 atom stereocenters. The van der Waals surface area contributed by atoms with Gasteiger partial charge in [-0.25, -0.2) is 15.0 Å². The second kappa shape index (κ2) is 8.05. The molecule has 0 spiro atoms. The second-order valence-electron chi connectivity index (χ2n) is 7.61. The quantitative estimate of drug-likeness (QED) is 0.522. The van der Waals surface area contributed by atoms with Crippen molar-refractivity contribution < 1.29 is 19.7 Å². The van der Waals surface area contributed by atoms with Gasteiger partial charge in [-0.2, -0.15) is 11.3 Å². The summed E-state index contributed by atoms with van der Waals surface area (Å²) in [6, 6.07) is 2.13. The van der Waals surface area contributed by atoms with E-state index in [-0.39, 0.29) is 24.4 Å². The van der Waals surface area contributed by atoms with Crippen molar-refractivity contribution in [2.45, 2.75) is 49.4 Å². The van der Waals surface area contributed by atoms with Gasteiger partial charge in [-0.05, 0) is 35.2 Å². The number of thiophene rings is 1. The van der Waals surface area contributed by atoms with E-state index < -0.39 is 24.5 Å². The molecule has 4 heterocycles. The molecule has 3 aromatic heterocycles. The summed E-state index contributed by atoms with van der Waals surface area (Å²) in [7, 11) is 0. The highest BCUT2D eigenvalue weighted by Gasteiger charge is 2.45. The first kappa shape index (κ1) is 19.6. The molecule has 3 aromatic rings. The molecule has 1 aliphatic heterocycles. The predicted octanol–water partition coefficient (Wildman–Crippen LogP) is 1.61. The van der Waals surface area contributed by atoms with Gasteiger partial charge in [-0.1, -0.05) is 12.2 Å². The zero-order chi connectivity index (χ0) is 20.7. The molecule has 0 bridgehead atoms. The van der Waals surface area contributed by atoms with E-state index in [0.29, 0.717) is 11.2 Å². The van der Waals surface area contributed by atoms with Crippen LogP contribution in [-0.2, 0) is 9.47 Å². The van der Waals surface area contributed by atoms with Crippen LogP contribution in [0.3, 0.4) is 0 Å². The molecule has 5 rings (SSSR count). The van der Waals surface area contributed by atoms with Crippen LogP contribution in [0.5, 0.6) is 0 Å². The number of nitrogens with two attached hydrogens (primary N) is 1. The summed E-state index contributed by atoms with van der Waals surface area (Å²) in [6.07, 6.45) is 5.09. The van der Waals surface area contributed by atoms with Gasteiger partial charge >= 0.3 is 0 Å². The van der Waals surface area contributed by atoms with E-state index in [1.165, 1.54) is 18.2 Å². The number of nitrogens with zero attached hydrogens (tertiary/aromatic N) is 4. The fourth-order valence-corrected chi connectivity index (χ4v) is 4.91. The highest BCUT2D eigenvalue weighted by Crippen LogP contribution is 2.35. The molecule has 1 aliphatic carbocycles. The number of nitrogen functional groups attached to an aromatic ring is 1. The number of aliphatic hydroxyl groups excluding tert-OH is 2. The van der Waals surface area contributed by atoms with Crippen LogP contribution >= 0.6 is 11.3 Å². The third kappa shape index (κ3) is 3.40. The van der Waals surface area contributed by atoms with Crippen molar-refractivity contribution >= 4 is 28.3 Å². The Hall–Kier alpha value is -2.37. The van der Waals surface area contributed by atoms with Crippen LogP contribution < -0.4 is 5.73 Å². The maximum absolute atomic E-state index is 10.6. The molecule has 30 heavy (non-hydrogen) atoms. The van der Waals surface area contributed by atoms with Crippen LogP contribution in [-0.4, -0.2) is 60.8 Å². The lowest BCUT2D eigenvalue weighted by molar-refractivity contribution is -0.0851. The number of allylic oxidation sites excluding steroid dienone is 1. The molecular formula is C20H23N5O4S. The van der Waals surface area contributed by atoms with E-state index in [1.54, 1.807) is 15.9 Å². The van der Waals surface area contributed by atoms with Crippen LogP contribution in [0, 0.1) is 0 Å². The normalized spacial score (nSPS) is 31.5. The van der Waals surface area contributed by atoms with E-state index in [2.05, 4.69) is 43.9 Å². The summed E-state index contributed by atoms with van der Waals surface area (Å²) < 4.78 is 13.7. The molecule has 1 fully saturated rings. The Kier molecular flexibility index (Phi) is 5.25. The molecule has 0 radical (unpaired) electrons. The van der Waals surface area contributed by atoms with Crippen LogP contribution in [0.2, 0.25) is 0 Å². The maximum atomic E-state index is 10.6. The zero-order valence-electron chi connectivity index (χ0n) is 16.1. The molecule has 0 aromatic carbocycles. The molecule has 0 amide bonds. The topological polar surface area (TPSA) is 129 Å². The van der Waals surface area contributed by atoms with Crippen LogP contribution in [0.4, 0.5) is 5.82 Å². The molecule has 1 saturated heterocycles. The van der Waals surface area contributed by atoms with Crippen LogP contribution in [0.1, 0.15) is 30.6 Å². The van der Waals surface area contributed by atoms with Gasteiger partial charge in [-0.3, -0.25) is 4.57 Å². The number of aromatic nitrogens is 4. The Morgan fingerprint density at radius 1 is 1.20 bits per heavy atom. The van der Waals surface area contributed by atoms with Crippen LogP contribution in [0.25, 0.3) is 11.2 Å². The molecule has 0 unspecified atom stereocenters. The third-order valence-corrected chi connectivity index (χ3v) is 6.52. The number of hydrogen-bond acceptors (Lipinski definition) is 9. The minimum absolute atomic E-state index is 0.00166. The van der Waals surface area contributed by atoms with Gasteiger partial charge < -0.3 is 25.4 Å². The molecule has 4 N–H and O–H groups in total. The average molecular weight is 430 g/mol. The molecule has 2 aliphatic rings. The molecule has 158 valence electrons. The monoisotopic (exact) mass is 429 g/mol. The highest BCUT2D eigenvalue weighted by molar-refractivity contribution is 7.08. The first-order valence-corrected chi connectivity index (χ1v) is 10.8. The number of fused-ring (bicyclic) bond motifs is 1. The van der Waals surface area contributed by atoms with E-state index in [9.17, 15) is 10.2 Å². The number of hydrogen-bond donors (Lipinski definition) is 3. The number of anilines is 1. The number of aliphatic hydroxyl groups is 2. The van der Waals surface area contributed by atoms with Crippen LogP contribution in [0.15, 0.2) is 41.6 Å². The lowest BCUT2D eigenvalue weighted by Crippen LogP contribution is -2.36. The van der Waals surface area contributed by atoms with Gasteiger partial charge in [0.05, 0.1) is 19.0 Å². The smallest absolute Gasteiger partial charge is 0.167 e. The van der Waals surface area contributed by atoms with Gasteiger partial charge in [0.1, 0.15) is 30.2 Å². The summed E-state index contributed by atoms with van der Waals surface area (Å²) >= 11 is 1.67. The molecule has 9 nitrogen and oxygen atoms in total. The first-order valence-electron chi connectivity index (χ1n) is 9.86. The lowest BCUT2D eigenvalue weighted by Gasteiger charge is -2.29. The summed E-state index contributed by atoms with van der Waals surface area (Å²) in [4.78, 5) is 12.3. The fourth-order valence-electron chi connectivity index (χ4n) is 4.18. The number of imidazole rings is 1. The largest absolute Gasteiger partial charge is 0.387 e. The minimum Gasteiger partial charge on any atom is -0.387 e. The average Bonchev–Trinajstić information content (AvgIpc) is 3.49. The van der Waals surface area contributed by atoms with Gasteiger partial charge in [0, 0.05) is 5.92 Å². The summed E-state index contributed by atoms with van der Waals surface area (Å²) in [5, 5.41) is 25.4. The highest BCUT2D eigenvalue weighted by atomic mass is 32.1. The maximum Gasteiger partial charge on any atom is 0.167 e. The summed E-state index contributed by atoms with van der Waals surface area (Å²) in [5.74, 6) is 0.522. The van der Waals surface area contributed by atoms with Gasteiger partial charge in [0.15, 0.2) is 17.7 Å². The van der Waals surface area contributed by atoms with E-state index in [0.717, 1.165) is 12.8 Å². The standard InChI is InChI=1S/C20H23N5O4S/c21-18-15-19(23-9-22-18)25(10-24-15)20-17(27)16(26)14(29-20)7-28-13-4-2-1-3-12(13)11-5-6-30-8-11/h1-2,5-6,8-10,12-14,16-17,20,26-27H,3-4,7H2,(H2,21,22,23)/t12-,13+,14+,16+,17+,20+/m0/s1.